The summed E-state index contributed by atoms with van der Waals surface area (Å²) in [6.07, 6.45) is -0.488. The van der Waals surface area contributed by atoms with E-state index in [4.69, 9.17) is 4.74 Å². The van der Waals surface area contributed by atoms with Gasteiger partial charge in [0.05, 0.1) is 6.61 Å². The molecule has 1 aliphatic carbocycles. The molecule has 1 fully saturated rings. The van der Waals surface area contributed by atoms with Crippen LogP contribution in [0.25, 0.3) is 5.65 Å². The van der Waals surface area contributed by atoms with E-state index in [0.717, 1.165) is 22.8 Å². The van der Waals surface area contributed by atoms with Crippen molar-refractivity contribution in [2.24, 2.45) is 0 Å². The number of fused-ring (bicyclic) bond motifs is 1. The summed E-state index contributed by atoms with van der Waals surface area (Å²) < 4.78 is 47.3. The number of aromatic nitrogens is 3. The molecule has 1 saturated carbocycles. The van der Waals surface area contributed by atoms with Crippen molar-refractivity contribution in [3.63, 3.8) is 0 Å². The summed E-state index contributed by atoms with van der Waals surface area (Å²) >= 11 is 0. The van der Waals surface area contributed by atoms with Gasteiger partial charge in [0.15, 0.2) is 11.4 Å². The minimum absolute atomic E-state index is 0.0972. The molecule has 0 bridgehead atoms. The number of hydrogen-bond acceptors (Lipinski definition) is 4. The van der Waals surface area contributed by atoms with Crippen LogP contribution in [0.1, 0.15) is 41.5 Å². The Morgan fingerprint density at radius 1 is 1.21 bits per heavy atom. The van der Waals surface area contributed by atoms with Crippen LogP contribution in [0.5, 0.6) is 0 Å². The largest absolute Gasteiger partial charge is 0.461 e. The van der Waals surface area contributed by atoms with E-state index < -0.39 is 34.7 Å². The Labute approximate surface area is 163 Å². The van der Waals surface area contributed by atoms with Crippen molar-refractivity contribution < 1.29 is 22.7 Å². The molecule has 6 nitrogen and oxygen atoms in total. The molecule has 0 N–H and O–H groups in total. The van der Waals surface area contributed by atoms with E-state index in [-0.39, 0.29) is 12.0 Å². The van der Waals surface area contributed by atoms with E-state index in [1.54, 1.807) is 0 Å². The fourth-order valence-corrected chi connectivity index (χ4v) is 3.60. The van der Waals surface area contributed by atoms with E-state index in [2.05, 4.69) is 4.98 Å². The van der Waals surface area contributed by atoms with Crippen LogP contribution >= 0.6 is 0 Å². The standard InChI is InChI=1S/C20H18F3N3O3/c1-2-29-18(28)14-15(20(21,22)23)24-16-17(27)25(10-11-26(14)16)12-19(8-9-19)13-6-4-3-5-7-13/h3-7,10-11H,2,8-9,12H2,1H3. The second-order valence-electron chi connectivity index (χ2n) is 7.10. The molecule has 0 saturated heterocycles. The van der Waals surface area contributed by atoms with Crippen LogP contribution in [0.3, 0.4) is 0 Å². The fourth-order valence-electron chi connectivity index (χ4n) is 3.60. The highest BCUT2D eigenvalue weighted by atomic mass is 19.4. The minimum atomic E-state index is -4.90. The Hall–Kier alpha value is -3.10. The smallest absolute Gasteiger partial charge is 0.435 e. The molecule has 0 spiro atoms. The van der Waals surface area contributed by atoms with Crippen LogP contribution in [0, 0.1) is 0 Å². The van der Waals surface area contributed by atoms with Gasteiger partial charge in [0.1, 0.15) is 0 Å². The minimum Gasteiger partial charge on any atom is -0.461 e. The van der Waals surface area contributed by atoms with E-state index in [1.165, 1.54) is 23.9 Å². The number of ether oxygens (including phenoxy) is 1. The third-order valence-corrected chi connectivity index (χ3v) is 5.21. The second-order valence-corrected chi connectivity index (χ2v) is 7.10. The van der Waals surface area contributed by atoms with E-state index in [9.17, 15) is 22.8 Å². The summed E-state index contributed by atoms with van der Waals surface area (Å²) in [5.74, 6) is -1.17. The van der Waals surface area contributed by atoms with E-state index in [0.29, 0.717) is 6.54 Å². The number of imidazole rings is 1. The van der Waals surface area contributed by atoms with E-state index >= 15 is 0 Å². The zero-order valence-corrected chi connectivity index (χ0v) is 15.6. The SMILES string of the molecule is CCOC(=O)c1c(C(F)(F)F)nc2c(=O)n(CC3(c4ccccc4)CC3)ccn12. The lowest BCUT2D eigenvalue weighted by Gasteiger charge is -2.17. The molecule has 29 heavy (non-hydrogen) atoms. The first-order chi connectivity index (χ1) is 13.8. The molecule has 9 heteroatoms. The monoisotopic (exact) mass is 405 g/mol. The average molecular weight is 405 g/mol. The molecule has 152 valence electrons. The maximum Gasteiger partial charge on any atom is 0.435 e. The maximum absolute atomic E-state index is 13.4. The van der Waals surface area contributed by atoms with Crippen LogP contribution in [-0.2, 0) is 22.9 Å². The normalized spacial score (nSPS) is 15.4. The van der Waals surface area contributed by atoms with Crippen LogP contribution in [0.2, 0.25) is 0 Å². The number of nitrogens with zero attached hydrogens (tertiary/aromatic N) is 3. The molecule has 0 amide bonds. The van der Waals surface area contributed by atoms with Crippen LogP contribution in [0.15, 0.2) is 47.5 Å². The average Bonchev–Trinajstić information content (AvgIpc) is 3.35. The highest BCUT2D eigenvalue weighted by molar-refractivity contribution is 5.90. The Balaban J connectivity index is 1.81. The van der Waals surface area contributed by atoms with Gasteiger partial charge in [-0.3, -0.25) is 9.20 Å². The predicted molar refractivity (Wildman–Crippen MR) is 97.8 cm³/mol. The highest BCUT2D eigenvalue weighted by Gasteiger charge is 2.45. The number of rotatable bonds is 5. The Kier molecular flexibility index (Phi) is 4.48. The van der Waals surface area contributed by atoms with Crippen LogP contribution in [0.4, 0.5) is 13.2 Å². The van der Waals surface area contributed by atoms with Gasteiger partial charge < -0.3 is 9.30 Å². The number of benzene rings is 1. The molecule has 3 aromatic rings. The summed E-state index contributed by atoms with van der Waals surface area (Å²) in [5.41, 5.74) is -2.48. The molecule has 0 aliphatic heterocycles. The van der Waals surface area contributed by atoms with Crippen LogP contribution in [-0.4, -0.2) is 26.5 Å². The Morgan fingerprint density at radius 3 is 2.48 bits per heavy atom. The van der Waals surface area contributed by atoms with Gasteiger partial charge >= 0.3 is 12.1 Å². The molecule has 1 aliphatic rings. The molecule has 0 atom stereocenters. The van der Waals surface area contributed by atoms with Gasteiger partial charge in [-0.25, -0.2) is 9.78 Å². The third-order valence-electron chi connectivity index (χ3n) is 5.21. The van der Waals surface area contributed by atoms with Gasteiger partial charge in [-0.2, -0.15) is 13.2 Å². The number of carbonyl (C=O) groups excluding carboxylic acids is 1. The number of hydrogen-bond donors (Lipinski definition) is 0. The lowest BCUT2D eigenvalue weighted by atomic mass is 9.96. The highest BCUT2D eigenvalue weighted by Crippen LogP contribution is 2.49. The molecule has 0 unspecified atom stereocenters. The molecular formula is C20H18F3N3O3. The number of alkyl halides is 3. The molecule has 0 radical (unpaired) electrons. The molecular weight excluding hydrogens is 387 g/mol. The summed E-state index contributed by atoms with van der Waals surface area (Å²) in [5, 5.41) is 0. The first-order valence-electron chi connectivity index (χ1n) is 9.18. The van der Waals surface area contributed by atoms with Crippen molar-refractivity contribution in [3.8, 4) is 0 Å². The quantitative estimate of drug-likeness (QED) is 0.610. The van der Waals surface area contributed by atoms with Crippen molar-refractivity contribution >= 4 is 11.6 Å². The summed E-state index contributed by atoms with van der Waals surface area (Å²) in [6.45, 7) is 1.72. The lowest BCUT2D eigenvalue weighted by Crippen LogP contribution is -2.28. The molecule has 4 rings (SSSR count). The summed E-state index contributed by atoms with van der Waals surface area (Å²) in [6, 6.07) is 9.69. The van der Waals surface area contributed by atoms with Crippen LogP contribution < -0.4 is 5.56 Å². The molecule has 1 aromatic carbocycles. The Morgan fingerprint density at radius 2 is 1.90 bits per heavy atom. The number of carbonyl (C=O) groups is 1. The zero-order chi connectivity index (χ0) is 20.8. The molecule has 2 heterocycles. The molecule has 2 aromatic heterocycles. The topological polar surface area (TPSA) is 65.6 Å². The Bertz CT molecular complexity index is 1130. The van der Waals surface area contributed by atoms with E-state index in [1.807, 2.05) is 30.3 Å². The van der Waals surface area contributed by atoms with Crippen molar-refractivity contribution in [1.29, 1.82) is 0 Å². The van der Waals surface area contributed by atoms with Crippen molar-refractivity contribution in [1.82, 2.24) is 14.0 Å². The predicted octanol–water partition coefficient (Wildman–Crippen LogP) is 3.42. The maximum atomic E-state index is 13.4. The van der Waals surface area contributed by atoms with Gasteiger partial charge in [-0.05, 0) is 25.3 Å². The first kappa shape index (κ1) is 19.2. The summed E-state index contributed by atoms with van der Waals surface area (Å²) in [4.78, 5) is 28.5. The lowest BCUT2D eigenvalue weighted by molar-refractivity contribution is -0.141. The van der Waals surface area contributed by atoms with Gasteiger partial charge in [-0.15, -0.1) is 0 Å². The van der Waals surface area contributed by atoms with Crippen molar-refractivity contribution in [2.75, 3.05) is 6.61 Å². The number of esters is 1. The first-order valence-corrected chi connectivity index (χ1v) is 9.18. The third kappa shape index (κ3) is 3.30. The van der Waals surface area contributed by atoms with Crippen molar-refractivity contribution in [3.05, 3.63) is 70.0 Å². The fraction of sp³-hybridized carbons (Fsp3) is 0.350. The van der Waals surface area contributed by atoms with Gasteiger partial charge in [0.2, 0.25) is 5.65 Å². The zero-order valence-electron chi connectivity index (χ0n) is 15.6. The second kappa shape index (κ2) is 6.75. The van der Waals surface area contributed by atoms with Gasteiger partial charge in [0, 0.05) is 24.4 Å². The van der Waals surface area contributed by atoms with Gasteiger partial charge in [-0.1, -0.05) is 30.3 Å². The summed E-state index contributed by atoms with van der Waals surface area (Å²) in [7, 11) is 0. The van der Waals surface area contributed by atoms with Gasteiger partial charge in [0.25, 0.3) is 5.56 Å². The number of halogens is 3. The van der Waals surface area contributed by atoms with Crippen molar-refractivity contribution in [2.45, 2.75) is 37.9 Å².